The van der Waals surface area contributed by atoms with Gasteiger partial charge in [-0.2, -0.15) is 0 Å². The minimum absolute atomic E-state index is 0.0248. The lowest BCUT2D eigenvalue weighted by atomic mass is 10.1. The predicted molar refractivity (Wildman–Crippen MR) is 108 cm³/mol. The van der Waals surface area contributed by atoms with E-state index in [4.69, 9.17) is 0 Å². The first-order chi connectivity index (χ1) is 12.9. The number of benzene rings is 2. The summed E-state index contributed by atoms with van der Waals surface area (Å²) >= 11 is 0. The van der Waals surface area contributed by atoms with E-state index >= 15 is 0 Å². The van der Waals surface area contributed by atoms with E-state index in [-0.39, 0.29) is 11.8 Å². The number of nitrogens with one attached hydrogen (secondary N) is 1. The number of rotatable bonds is 4. The third-order valence-electron chi connectivity index (χ3n) is 4.94. The fourth-order valence-corrected chi connectivity index (χ4v) is 3.44. The SMILES string of the molecule is CC(=O)Nc1cc(C(=O)N2CCN(Cc3cccc(C)c3)CC2)ccc1C. The average Bonchev–Trinajstić information content (AvgIpc) is 2.63. The highest BCUT2D eigenvalue weighted by molar-refractivity contribution is 5.97. The Balaban J connectivity index is 1.60. The molecule has 1 heterocycles. The molecule has 0 bridgehead atoms. The van der Waals surface area contributed by atoms with Crippen molar-refractivity contribution in [2.75, 3.05) is 31.5 Å². The smallest absolute Gasteiger partial charge is 0.254 e. The van der Waals surface area contributed by atoms with E-state index < -0.39 is 0 Å². The van der Waals surface area contributed by atoms with Crippen LogP contribution in [0.2, 0.25) is 0 Å². The third kappa shape index (κ3) is 4.95. The van der Waals surface area contributed by atoms with Crippen molar-refractivity contribution in [1.29, 1.82) is 0 Å². The van der Waals surface area contributed by atoms with E-state index in [0.29, 0.717) is 24.3 Å². The lowest BCUT2D eigenvalue weighted by Crippen LogP contribution is -2.48. The van der Waals surface area contributed by atoms with Gasteiger partial charge in [-0.1, -0.05) is 35.9 Å². The molecule has 1 fully saturated rings. The molecule has 0 spiro atoms. The van der Waals surface area contributed by atoms with Crippen LogP contribution in [-0.4, -0.2) is 47.8 Å². The summed E-state index contributed by atoms with van der Waals surface area (Å²) in [6.07, 6.45) is 0. The summed E-state index contributed by atoms with van der Waals surface area (Å²) in [4.78, 5) is 28.5. The molecule has 0 aliphatic carbocycles. The molecule has 1 N–H and O–H groups in total. The van der Waals surface area contributed by atoms with Crippen LogP contribution in [0.4, 0.5) is 5.69 Å². The molecule has 0 atom stereocenters. The number of hydrogen-bond acceptors (Lipinski definition) is 3. The van der Waals surface area contributed by atoms with E-state index in [2.05, 4.69) is 41.4 Å². The molecular formula is C22H27N3O2. The van der Waals surface area contributed by atoms with Gasteiger partial charge in [-0.15, -0.1) is 0 Å². The fourth-order valence-electron chi connectivity index (χ4n) is 3.44. The van der Waals surface area contributed by atoms with Crippen LogP contribution in [-0.2, 0) is 11.3 Å². The highest BCUT2D eigenvalue weighted by Gasteiger charge is 2.22. The first-order valence-electron chi connectivity index (χ1n) is 9.38. The highest BCUT2D eigenvalue weighted by Crippen LogP contribution is 2.19. The Morgan fingerprint density at radius 1 is 1.00 bits per heavy atom. The Morgan fingerprint density at radius 2 is 1.74 bits per heavy atom. The number of carbonyl (C=O) groups is 2. The molecule has 2 aromatic rings. The molecule has 27 heavy (non-hydrogen) atoms. The Hall–Kier alpha value is -2.66. The van der Waals surface area contributed by atoms with Gasteiger partial charge < -0.3 is 10.2 Å². The molecular weight excluding hydrogens is 338 g/mol. The molecule has 2 aromatic carbocycles. The van der Waals surface area contributed by atoms with Crippen LogP contribution < -0.4 is 5.32 Å². The summed E-state index contributed by atoms with van der Waals surface area (Å²) in [6, 6.07) is 14.1. The van der Waals surface area contributed by atoms with E-state index in [1.165, 1.54) is 18.1 Å². The van der Waals surface area contributed by atoms with Gasteiger partial charge in [0.25, 0.3) is 5.91 Å². The van der Waals surface area contributed by atoms with Crippen LogP contribution in [0.5, 0.6) is 0 Å². The number of anilines is 1. The second-order valence-corrected chi connectivity index (χ2v) is 7.27. The van der Waals surface area contributed by atoms with Gasteiger partial charge in [0.1, 0.15) is 0 Å². The summed E-state index contributed by atoms with van der Waals surface area (Å²) in [5.41, 5.74) is 4.86. The summed E-state index contributed by atoms with van der Waals surface area (Å²) < 4.78 is 0. The molecule has 0 saturated carbocycles. The zero-order chi connectivity index (χ0) is 19.4. The molecule has 3 rings (SSSR count). The number of amides is 2. The Kier molecular flexibility index (Phi) is 5.91. The molecule has 1 aliphatic heterocycles. The summed E-state index contributed by atoms with van der Waals surface area (Å²) in [7, 11) is 0. The highest BCUT2D eigenvalue weighted by atomic mass is 16.2. The minimum atomic E-state index is -0.132. The number of hydrogen-bond donors (Lipinski definition) is 1. The van der Waals surface area contributed by atoms with Crippen molar-refractivity contribution in [3.8, 4) is 0 Å². The fraction of sp³-hybridized carbons (Fsp3) is 0.364. The normalized spacial score (nSPS) is 14.9. The molecule has 1 saturated heterocycles. The molecule has 0 radical (unpaired) electrons. The van der Waals surface area contributed by atoms with E-state index in [9.17, 15) is 9.59 Å². The quantitative estimate of drug-likeness (QED) is 0.905. The number of nitrogens with zero attached hydrogens (tertiary/aromatic N) is 2. The second-order valence-electron chi connectivity index (χ2n) is 7.27. The zero-order valence-corrected chi connectivity index (χ0v) is 16.3. The monoisotopic (exact) mass is 365 g/mol. The predicted octanol–water partition coefficient (Wildman–Crippen LogP) is 3.22. The van der Waals surface area contributed by atoms with Crippen molar-refractivity contribution in [2.24, 2.45) is 0 Å². The lowest BCUT2D eigenvalue weighted by Gasteiger charge is -2.35. The molecule has 5 nitrogen and oxygen atoms in total. The van der Waals surface area contributed by atoms with Crippen LogP contribution in [0.25, 0.3) is 0 Å². The van der Waals surface area contributed by atoms with Gasteiger partial charge in [0.2, 0.25) is 5.91 Å². The van der Waals surface area contributed by atoms with Crippen LogP contribution in [0, 0.1) is 13.8 Å². The van der Waals surface area contributed by atoms with Crippen LogP contribution >= 0.6 is 0 Å². The molecule has 1 aliphatic rings. The van der Waals surface area contributed by atoms with E-state index in [1.807, 2.05) is 24.0 Å². The Bertz CT molecular complexity index is 839. The molecule has 142 valence electrons. The second kappa shape index (κ2) is 8.35. The lowest BCUT2D eigenvalue weighted by molar-refractivity contribution is -0.114. The summed E-state index contributed by atoms with van der Waals surface area (Å²) in [6.45, 7) is 9.58. The van der Waals surface area contributed by atoms with Crippen molar-refractivity contribution >= 4 is 17.5 Å². The number of piperazine rings is 1. The Labute approximate surface area is 161 Å². The van der Waals surface area contributed by atoms with Gasteiger partial charge in [-0.05, 0) is 37.1 Å². The van der Waals surface area contributed by atoms with Crippen LogP contribution in [0.1, 0.15) is 34.0 Å². The summed E-state index contributed by atoms with van der Waals surface area (Å²) in [5.74, 6) is -0.107. The molecule has 0 aromatic heterocycles. The molecule has 2 amide bonds. The average molecular weight is 365 g/mol. The van der Waals surface area contributed by atoms with Crippen molar-refractivity contribution < 1.29 is 9.59 Å². The van der Waals surface area contributed by atoms with E-state index in [1.54, 1.807) is 6.07 Å². The topological polar surface area (TPSA) is 52.7 Å². The number of aryl methyl sites for hydroxylation is 2. The summed E-state index contributed by atoms with van der Waals surface area (Å²) in [5, 5.41) is 2.79. The molecule has 5 heteroatoms. The largest absolute Gasteiger partial charge is 0.336 e. The maximum Gasteiger partial charge on any atom is 0.254 e. The maximum atomic E-state index is 12.9. The van der Waals surface area contributed by atoms with Gasteiger partial charge in [-0.3, -0.25) is 14.5 Å². The zero-order valence-electron chi connectivity index (χ0n) is 16.3. The number of carbonyl (C=O) groups excluding carboxylic acids is 2. The first kappa shape index (κ1) is 19.1. The van der Waals surface area contributed by atoms with Crippen molar-refractivity contribution in [3.63, 3.8) is 0 Å². The van der Waals surface area contributed by atoms with Crippen LogP contribution in [0.3, 0.4) is 0 Å². The van der Waals surface area contributed by atoms with Crippen molar-refractivity contribution in [3.05, 3.63) is 64.7 Å². The van der Waals surface area contributed by atoms with Gasteiger partial charge in [0.15, 0.2) is 0 Å². The van der Waals surface area contributed by atoms with Crippen molar-refractivity contribution in [2.45, 2.75) is 27.3 Å². The maximum absolute atomic E-state index is 12.9. The minimum Gasteiger partial charge on any atom is -0.336 e. The van der Waals surface area contributed by atoms with Gasteiger partial charge in [-0.25, -0.2) is 0 Å². The molecule has 0 unspecified atom stereocenters. The van der Waals surface area contributed by atoms with Crippen molar-refractivity contribution in [1.82, 2.24) is 9.80 Å². The first-order valence-corrected chi connectivity index (χ1v) is 9.38. The van der Waals surface area contributed by atoms with E-state index in [0.717, 1.165) is 25.2 Å². The van der Waals surface area contributed by atoms with Gasteiger partial charge in [0, 0.05) is 50.9 Å². The standard InChI is InChI=1S/C22H27N3O2/c1-16-5-4-6-19(13-16)15-24-9-11-25(12-10-24)22(27)20-8-7-17(2)21(14-20)23-18(3)26/h4-8,13-14H,9-12,15H2,1-3H3,(H,23,26). The van der Waals surface area contributed by atoms with Crippen LogP contribution in [0.15, 0.2) is 42.5 Å². The Morgan fingerprint density at radius 3 is 2.41 bits per heavy atom. The van der Waals surface area contributed by atoms with Gasteiger partial charge >= 0.3 is 0 Å². The third-order valence-corrected chi connectivity index (χ3v) is 4.94. The van der Waals surface area contributed by atoms with Gasteiger partial charge in [0.05, 0.1) is 0 Å².